The van der Waals surface area contributed by atoms with Gasteiger partial charge in [-0.25, -0.2) is 4.79 Å². The maximum absolute atomic E-state index is 12.4. The minimum Gasteiger partial charge on any atom is -0.341 e. The summed E-state index contributed by atoms with van der Waals surface area (Å²) in [6.07, 6.45) is 0. The van der Waals surface area contributed by atoms with E-state index in [0.29, 0.717) is 21.6 Å². The Morgan fingerprint density at radius 1 is 1.00 bits per heavy atom. The third kappa shape index (κ3) is 3.78. The van der Waals surface area contributed by atoms with Crippen LogP contribution < -0.4 is 16.0 Å². The Labute approximate surface area is 152 Å². The van der Waals surface area contributed by atoms with Gasteiger partial charge >= 0.3 is 6.03 Å². The van der Waals surface area contributed by atoms with Gasteiger partial charge in [-0.05, 0) is 36.4 Å². The molecule has 3 N–H and O–H groups in total. The largest absolute Gasteiger partial charge is 0.341 e. The molecule has 0 bridgehead atoms. The van der Waals surface area contributed by atoms with E-state index in [4.69, 9.17) is 0 Å². The second-order valence-electron chi connectivity index (χ2n) is 5.33. The summed E-state index contributed by atoms with van der Waals surface area (Å²) in [5, 5.41) is 19.3. The first kappa shape index (κ1) is 17.4. The number of amides is 3. The normalized spacial score (nSPS) is 10.3. The number of anilines is 2. The molecule has 0 spiro atoms. The number of nitrogens with one attached hydrogen (secondary N) is 3. The summed E-state index contributed by atoms with van der Waals surface area (Å²) in [6.45, 7) is 0. The number of urea groups is 1. The fourth-order valence-electron chi connectivity index (χ4n) is 2.28. The summed E-state index contributed by atoms with van der Waals surface area (Å²) in [5.41, 5.74) is 1.15. The van der Waals surface area contributed by atoms with Gasteiger partial charge in [0.15, 0.2) is 0 Å². The number of carbonyl (C=O) groups is 2. The minimum absolute atomic E-state index is 0.0125. The van der Waals surface area contributed by atoms with E-state index in [1.807, 2.05) is 0 Å². The first-order chi connectivity index (χ1) is 12.5. The lowest BCUT2D eigenvalue weighted by atomic mass is 10.2. The lowest BCUT2D eigenvalue weighted by Crippen LogP contribution is -2.24. The standard InChI is InChI=1S/C17H14N4O4S/c1-18-17(23)20-12-4-2-11(3-5-12)19-16(22)15-9-10-8-13(21(24)25)6-7-14(10)26-15/h2-9H,1H3,(H,19,22)(H2,18,20,23). The van der Waals surface area contributed by atoms with Crippen LogP contribution in [0, 0.1) is 10.1 Å². The molecule has 9 heteroatoms. The molecule has 0 radical (unpaired) electrons. The third-order valence-electron chi connectivity index (χ3n) is 3.56. The van der Waals surface area contributed by atoms with Gasteiger partial charge in [0.25, 0.3) is 11.6 Å². The van der Waals surface area contributed by atoms with E-state index in [9.17, 15) is 19.7 Å². The Balaban J connectivity index is 1.74. The number of nitro groups is 1. The average Bonchev–Trinajstić information content (AvgIpc) is 3.06. The van der Waals surface area contributed by atoms with Crippen LogP contribution in [0.5, 0.6) is 0 Å². The molecule has 0 atom stereocenters. The smallest absolute Gasteiger partial charge is 0.318 e. The summed E-state index contributed by atoms with van der Waals surface area (Å²) in [6, 6.07) is 12.5. The molecule has 132 valence electrons. The molecule has 0 aliphatic carbocycles. The van der Waals surface area contributed by atoms with Gasteiger partial charge in [0.1, 0.15) is 0 Å². The van der Waals surface area contributed by atoms with E-state index in [2.05, 4.69) is 16.0 Å². The van der Waals surface area contributed by atoms with Crippen molar-refractivity contribution in [1.82, 2.24) is 5.32 Å². The molecule has 1 heterocycles. The van der Waals surface area contributed by atoms with E-state index < -0.39 is 4.92 Å². The van der Waals surface area contributed by atoms with Crippen molar-refractivity contribution in [2.24, 2.45) is 0 Å². The Kier molecular flexibility index (Phi) is 4.81. The second kappa shape index (κ2) is 7.19. The molecule has 0 aliphatic heterocycles. The van der Waals surface area contributed by atoms with Crippen molar-refractivity contribution in [3.63, 3.8) is 0 Å². The zero-order valence-electron chi connectivity index (χ0n) is 13.6. The SMILES string of the molecule is CNC(=O)Nc1ccc(NC(=O)c2cc3cc([N+](=O)[O-])ccc3s2)cc1. The quantitative estimate of drug-likeness (QED) is 0.478. The van der Waals surface area contributed by atoms with Gasteiger partial charge in [-0.3, -0.25) is 14.9 Å². The molecule has 2 aromatic carbocycles. The number of nitrogens with zero attached hydrogens (tertiary/aromatic N) is 1. The van der Waals surface area contributed by atoms with Gasteiger partial charge in [-0.2, -0.15) is 0 Å². The van der Waals surface area contributed by atoms with Crippen molar-refractivity contribution in [3.8, 4) is 0 Å². The first-order valence-corrected chi connectivity index (χ1v) is 8.36. The maximum atomic E-state index is 12.4. The molecule has 1 aromatic heterocycles. The van der Waals surface area contributed by atoms with Crippen molar-refractivity contribution >= 4 is 50.4 Å². The summed E-state index contributed by atoms with van der Waals surface area (Å²) in [5.74, 6) is -0.305. The fourth-order valence-corrected chi connectivity index (χ4v) is 3.22. The highest BCUT2D eigenvalue weighted by molar-refractivity contribution is 7.20. The van der Waals surface area contributed by atoms with Crippen molar-refractivity contribution in [2.45, 2.75) is 0 Å². The number of nitro benzene ring substituents is 1. The Hall–Kier alpha value is -3.46. The van der Waals surface area contributed by atoms with Crippen LogP contribution in [-0.4, -0.2) is 23.9 Å². The van der Waals surface area contributed by atoms with Crippen LogP contribution in [0.15, 0.2) is 48.5 Å². The van der Waals surface area contributed by atoms with E-state index in [1.165, 1.54) is 30.5 Å². The van der Waals surface area contributed by atoms with Gasteiger partial charge < -0.3 is 16.0 Å². The minimum atomic E-state index is -0.467. The van der Waals surface area contributed by atoms with Gasteiger partial charge in [0.05, 0.1) is 9.80 Å². The molecule has 3 amide bonds. The van der Waals surface area contributed by atoms with Crippen LogP contribution in [-0.2, 0) is 0 Å². The van der Waals surface area contributed by atoms with Crippen LogP contribution in [0.1, 0.15) is 9.67 Å². The molecule has 3 aromatic rings. The van der Waals surface area contributed by atoms with Crippen LogP contribution in [0.2, 0.25) is 0 Å². The van der Waals surface area contributed by atoms with E-state index in [0.717, 1.165) is 4.70 Å². The maximum Gasteiger partial charge on any atom is 0.318 e. The van der Waals surface area contributed by atoms with E-state index in [1.54, 1.807) is 36.4 Å². The average molecular weight is 370 g/mol. The second-order valence-corrected chi connectivity index (χ2v) is 6.41. The number of benzene rings is 2. The highest BCUT2D eigenvalue weighted by Crippen LogP contribution is 2.29. The highest BCUT2D eigenvalue weighted by atomic mass is 32.1. The zero-order valence-corrected chi connectivity index (χ0v) is 14.4. The number of non-ortho nitro benzene ring substituents is 1. The number of fused-ring (bicyclic) bond motifs is 1. The van der Waals surface area contributed by atoms with Crippen molar-refractivity contribution in [2.75, 3.05) is 17.7 Å². The molecule has 0 aliphatic rings. The van der Waals surface area contributed by atoms with Crippen molar-refractivity contribution < 1.29 is 14.5 Å². The molecular weight excluding hydrogens is 356 g/mol. The van der Waals surface area contributed by atoms with Crippen LogP contribution >= 0.6 is 11.3 Å². The van der Waals surface area contributed by atoms with E-state index >= 15 is 0 Å². The molecule has 0 saturated carbocycles. The predicted molar refractivity (Wildman–Crippen MR) is 101 cm³/mol. The molecule has 0 fully saturated rings. The van der Waals surface area contributed by atoms with Crippen molar-refractivity contribution in [1.29, 1.82) is 0 Å². The number of hydrogen-bond donors (Lipinski definition) is 3. The molecule has 8 nitrogen and oxygen atoms in total. The molecule has 3 rings (SSSR count). The highest BCUT2D eigenvalue weighted by Gasteiger charge is 2.13. The van der Waals surface area contributed by atoms with Crippen LogP contribution in [0.25, 0.3) is 10.1 Å². The summed E-state index contributed by atoms with van der Waals surface area (Å²) in [7, 11) is 1.52. The Morgan fingerprint density at radius 3 is 2.27 bits per heavy atom. The Morgan fingerprint density at radius 2 is 1.65 bits per heavy atom. The first-order valence-electron chi connectivity index (χ1n) is 7.54. The molecule has 0 saturated heterocycles. The summed E-state index contributed by atoms with van der Waals surface area (Å²) < 4.78 is 0.797. The molecular formula is C17H14N4O4S. The lowest BCUT2D eigenvalue weighted by molar-refractivity contribution is -0.384. The van der Waals surface area contributed by atoms with E-state index in [-0.39, 0.29) is 17.6 Å². The molecule has 0 unspecified atom stereocenters. The lowest BCUT2D eigenvalue weighted by Gasteiger charge is -2.06. The van der Waals surface area contributed by atoms with Crippen LogP contribution in [0.3, 0.4) is 0 Å². The van der Waals surface area contributed by atoms with Crippen LogP contribution in [0.4, 0.5) is 21.9 Å². The third-order valence-corrected chi connectivity index (χ3v) is 4.68. The monoisotopic (exact) mass is 370 g/mol. The fraction of sp³-hybridized carbons (Fsp3) is 0.0588. The molecule has 26 heavy (non-hydrogen) atoms. The summed E-state index contributed by atoms with van der Waals surface area (Å²) >= 11 is 1.26. The number of carbonyl (C=O) groups excluding carboxylic acids is 2. The number of rotatable bonds is 4. The van der Waals surface area contributed by atoms with Gasteiger partial charge in [0.2, 0.25) is 0 Å². The van der Waals surface area contributed by atoms with Gasteiger partial charge in [-0.15, -0.1) is 11.3 Å². The zero-order chi connectivity index (χ0) is 18.7. The van der Waals surface area contributed by atoms with Gasteiger partial charge in [0, 0.05) is 40.6 Å². The topological polar surface area (TPSA) is 113 Å². The summed E-state index contributed by atoms with van der Waals surface area (Å²) in [4.78, 5) is 34.5. The number of hydrogen-bond acceptors (Lipinski definition) is 5. The van der Waals surface area contributed by atoms with Gasteiger partial charge in [-0.1, -0.05) is 0 Å². The van der Waals surface area contributed by atoms with Crippen molar-refractivity contribution in [3.05, 3.63) is 63.5 Å². The predicted octanol–water partition coefficient (Wildman–Crippen LogP) is 3.81. The number of thiophene rings is 1. The Bertz CT molecular complexity index is 998.